The Labute approximate surface area is 117 Å². The average Bonchev–Trinajstić information content (AvgIpc) is 2.38. The lowest BCUT2D eigenvalue weighted by Crippen LogP contribution is -2.23. The van der Waals surface area contributed by atoms with Crippen LogP contribution in [0, 0.1) is 0 Å². The standard InChI is InChI=1S/C16H16O4/c1-2-13(16(19)20)15-6-4-3-5-14(15)10-7-11(17)9-12(18)8-10/h2-6,10,13H,1,7-9H2,(H,19,20). The number of Topliss-reactive ketones (excluding diaryl/α,β-unsaturated/α-hetero) is 2. The molecule has 1 aliphatic rings. The number of hydrogen-bond donors (Lipinski definition) is 1. The fourth-order valence-electron chi connectivity index (χ4n) is 2.73. The van der Waals surface area contributed by atoms with E-state index in [9.17, 15) is 19.5 Å². The van der Waals surface area contributed by atoms with Crippen LogP contribution in [0.4, 0.5) is 0 Å². The molecule has 0 aromatic heterocycles. The van der Waals surface area contributed by atoms with Gasteiger partial charge in [-0.2, -0.15) is 0 Å². The molecule has 1 fully saturated rings. The summed E-state index contributed by atoms with van der Waals surface area (Å²) in [4.78, 5) is 34.5. The van der Waals surface area contributed by atoms with Crippen LogP contribution in [0.3, 0.4) is 0 Å². The Morgan fingerprint density at radius 2 is 1.85 bits per heavy atom. The molecule has 0 bridgehead atoms. The molecule has 1 unspecified atom stereocenters. The van der Waals surface area contributed by atoms with Crippen LogP contribution in [0.25, 0.3) is 0 Å². The van der Waals surface area contributed by atoms with E-state index in [1.807, 2.05) is 0 Å². The van der Waals surface area contributed by atoms with Crippen molar-refractivity contribution in [2.75, 3.05) is 0 Å². The lowest BCUT2D eigenvalue weighted by atomic mass is 9.78. The zero-order valence-corrected chi connectivity index (χ0v) is 11.0. The fourth-order valence-corrected chi connectivity index (χ4v) is 2.73. The van der Waals surface area contributed by atoms with Gasteiger partial charge in [0.15, 0.2) is 0 Å². The van der Waals surface area contributed by atoms with Crippen LogP contribution < -0.4 is 0 Å². The van der Waals surface area contributed by atoms with Crippen LogP contribution in [0.15, 0.2) is 36.9 Å². The molecular weight excluding hydrogens is 256 g/mol. The third-order valence-electron chi connectivity index (χ3n) is 3.62. The largest absolute Gasteiger partial charge is 0.481 e. The van der Waals surface area contributed by atoms with Crippen molar-refractivity contribution in [2.24, 2.45) is 0 Å². The van der Waals surface area contributed by atoms with Crippen molar-refractivity contribution in [3.05, 3.63) is 48.0 Å². The quantitative estimate of drug-likeness (QED) is 0.675. The maximum Gasteiger partial charge on any atom is 0.314 e. The summed E-state index contributed by atoms with van der Waals surface area (Å²) in [6.45, 7) is 3.56. The summed E-state index contributed by atoms with van der Waals surface area (Å²) in [6, 6.07) is 7.07. The van der Waals surface area contributed by atoms with Gasteiger partial charge in [0.2, 0.25) is 0 Å². The Bertz CT molecular complexity index is 558. The Morgan fingerprint density at radius 1 is 1.25 bits per heavy atom. The highest BCUT2D eigenvalue weighted by molar-refractivity contribution is 6.02. The predicted octanol–water partition coefficient (Wildman–Crippen LogP) is 2.45. The summed E-state index contributed by atoms with van der Waals surface area (Å²) in [5, 5.41) is 9.25. The normalized spacial score (nSPS) is 17.8. The van der Waals surface area contributed by atoms with Crippen molar-refractivity contribution in [3.8, 4) is 0 Å². The van der Waals surface area contributed by atoms with Crippen molar-refractivity contribution >= 4 is 17.5 Å². The van der Waals surface area contributed by atoms with Crippen molar-refractivity contribution < 1.29 is 19.5 Å². The maximum atomic E-state index is 11.6. The van der Waals surface area contributed by atoms with E-state index in [1.165, 1.54) is 6.08 Å². The van der Waals surface area contributed by atoms with Crippen molar-refractivity contribution in [3.63, 3.8) is 0 Å². The summed E-state index contributed by atoms with van der Waals surface area (Å²) in [6.07, 6.45) is 1.97. The summed E-state index contributed by atoms with van der Waals surface area (Å²) in [5.74, 6) is -2.18. The van der Waals surface area contributed by atoms with Gasteiger partial charge in [-0.25, -0.2) is 0 Å². The Hall–Kier alpha value is -2.23. The molecule has 1 aromatic carbocycles. The predicted molar refractivity (Wildman–Crippen MR) is 73.6 cm³/mol. The first-order valence-electron chi connectivity index (χ1n) is 6.50. The molecule has 0 radical (unpaired) electrons. The first-order valence-corrected chi connectivity index (χ1v) is 6.50. The molecular formula is C16H16O4. The van der Waals surface area contributed by atoms with Gasteiger partial charge in [-0.05, 0) is 17.0 Å². The zero-order chi connectivity index (χ0) is 14.7. The highest BCUT2D eigenvalue weighted by Crippen LogP contribution is 2.34. The lowest BCUT2D eigenvalue weighted by molar-refractivity contribution is -0.137. The number of ketones is 2. The first kappa shape index (κ1) is 14.2. The van der Waals surface area contributed by atoms with E-state index in [0.29, 0.717) is 18.4 Å². The van der Waals surface area contributed by atoms with Gasteiger partial charge in [0.1, 0.15) is 11.6 Å². The number of hydrogen-bond acceptors (Lipinski definition) is 3. The minimum Gasteiger partial charge on any atom is -0.481 e. The van der Waals surface area contributed by atoms with E-state index in [-0.39, 0.29) is 23.9 Å². The number of carboxylic acids is 1. The molecule has 104 valence electrons. The molecule has 1 aromatic rings. The van der Waals surface area contributed by atoms with Gasteiger partial charge in [0.05, 0.1) is 12.3 Å². The maximum absolute atomic E-state index is 11.6. The molecule has 4 heteroatoms. The van der Waals surface area contributed by atoms with Crippen LogP contribution in [0.1, 0.15) is 42.2 Å². The topological polar surface area (TPSA) is 71.4 Å². The monoisotopic (exact) mass is 272 g/mol. The van der Waals surface area contributed by atoms with Gasteiger partial charge < -0.3 is 5.11 Å². The van der Waals surface area contributed by atoms with Crippen LogP contribution in [-0.2, 0) is 14.4 Å². The molecule has 1 saturated carbocycles. The van der Waals surface area contributed by atoms with Crippen molar-refractivity contribution in [2.45, 2.75) is 31.1 Å². The van der Waals surface area contributed by atoms with E-state index in [0.717, 1.165) is 5.56 Å². The second-order valence-electron chi connectivity index (χ2n) is 5.04. The van der Waals surface area contributed by atoms with E-state index < -0.39 is 11.9 Å². The first-order chi connectivity index (χ1) is 9.52. The van der Waals surface area contributed by atoms with Crippen LogP contribution in [0.2, 0.25) is 0 Å². The second-order valence-corrected chi connectivity index (χ2v) is 5.04. The molecule has 0 aliphatic heterocycles. The Morgan fingerprint density at radius 3 is 2.40 bits per heavy atom. The SMILES string of the molecule is C=CC(C(=O)O)c1ccccc1C1CC(=O)CC(=O)C1. The van der Waals surface area contributed by atoms with Gasteiger partial charge in [-0.1, -0.05) is 30.3 Å². The molecule has 1 atom stereocenters. The summed E-state index contributed by atoms with van der Waals surface area (Å²) in [5.41, 5.74) is 1.38. The Kier molecular flexibility index (Phi) is 4.13. The summed E-state index contributed by atoms with van der Waals surface area (Å²) < 4.78 is 0. The molecule has 0 heterocycles. The van der Waals surface area contributed by atoms with Gasteiger partial charge in [0.25, 0.3) is 0 Å². The lowest BCUT2D eigenvalue weighted by Gasteiger charge is -2.24. The van der Waals surface area contributed by atoms with E-state index in [4.69, 9.17) is 0 Å². The van der Waals surface area contributed by atoms with Gasteiger partial charge in [-0.15, -0.1) is 6.58 Å². The number of carbonyl (C=O) groups excluding carboxylic acids is 2. The molecule has 0 amide bonds. The highest BCUT2D eigenvalue weighted by Gasteiger charge is 2.30. The summed E-state index contributed by atoms with van der Waals surface area (Å²) in [7, 11) is 0. The van der Waals surface area contributed by atoms with Crippen LogP contribution >= 0.6 is 0 Å². The van der Waals surface area contributed by atoms with Gasteiger partial charge in [0, 0.05) is 12.8 Å². The molecule has 4 nitrogen and oxygen atoms in total. The molecule has 1 aliphatic carbocycles. The number of rotatable bonds is 4. The smallest absolute Gasteiger partial charge is 0.314 e. The molecule has 0 spiro atoms. The molecule has 1 N–H and O–H groups in total. The average molecular weight is 272 g/mol. The minimum atomic E-state index is -0.985. The second kappa shape index (κ2) is 5.82. The minimum absolute atomic E-state index is 0.00246. The van der Waals surface area contributed by atoms with E-state index in [1.54, 1.807) is 24.3 Å². The fraction of sp³-hybridized carbons (Fsp3) is 0.312. The Balaban J connectivity index is 2.41. The third-order valence-corrected chi connectivity index (χ3v) is 3.62. The van der Waals surface area contributed by atoms with Gasteiger partial charge >= 0.3 is 5.97 Å². The van der Waals surface area contributed by atoms with Crippen molar-refractivity contribution in [1.82, 2.24) is 0 Å². The highest BCUT2D eigenvalue weighted by atomic mass is 16.4. The van der Waals surface area contributed by atoms with Crippen LogP contribution in [-0.4, -0.2) is 22.6 Å². The zero-order valence-electron chi connectivity index (χ0n) is 11.0. The number of aliphatic carboxylic acids is 1. The number of benzene rings is 1. The molecule has 20 heavy (non-hydrogen) atoms. The van der Waals surface area contributed by atoms with Gasteiger partial charge in [-0.3, -0.25) is 14.4 Å². The number of carboxylic acid groups (broad SMARTS) is 1. The van der Waals surface area contributed by atoms with Crippen LogP contribution in [0.5, 0.6) is 0 Å². The molecule has 2 rings (SSSR count). The molecule has 0 saturated heterocycles. The summed E-state index contributed by atoms with van der Waals surface area (Å²) >= 11 is 0. The van der Waals surface area contributed by atoms with E-state index >= 15 is 0 Å². The third kappa shape index (κ3) is 2.85. The van der Waals surface area contributed by atoms with E-state index in [2.05, 4.69) is 6.58 Å². The van der Waals surface area contributed by atoms with Crippen molar-refractivity contribution in [1.29, 1.82) is 0 Å². The number of carbonyl (C=O) groups is 3.